The van der Waals surface area contributed by atoms with Gasteiger partial charge in [-0.15, -0.1) is 0 Å². The van der Waals surface area contributed by atoms with Gasteiger partial charge in [0.05, 0.1) is 6.54 Å². The van der Waals surface area contributed by atoms with Crippen LogP contribution in [0.1, 0.15) is 35.1 Å². The van der Waals surface area contributed by atoms with Crippen molar-refractivity contribution in [3.8, 4) is 11.5 Å². The van der Waals surface area contributed by atoms with Crippen molar-refractivity contribution in [3.63, 3.8) is 0 Å². The second-order valence-corrected chi connectivity index (χ2v) is 6.89. The third kappa shape index (κ3) is 5.01. The van der Waals surface area contributed by atoms with Crippen molar-refractivity contribution in [1.82, 2.24) is 5.32 Å². The number of carbonyl (C=O) groups is 1. The first-order valence-corrected chi connectivity index (χ1v) is 9.33. The number of amides is 1. The van der Waals surface area contributed by atoms with Gasteiger partial charge in [-0.05, 0) is 74.4 Å². The van der Waals surface area contributed by atoms with Gasteiger partial charge < -0.3 is 14.8 Å². The van der Waals surface area contributed by atoms with Gasteiger partial charge in [0, 0.05) is 0 Å². The molecule has 1 amide bonds. The monoisotopic (exact) mass is 353 g/mol. The van der Waals surface area contributed by atoms with Gasteiger partial charge >= 0.3 is 0 Å². The van der Waals surface area contributed by atoms with E-state index in [-0.39, 0.29) is 12.5 Å². The minimum Gasteiger partial charge on any atom is -0.491 e. The van der Waals surface area contributed by atoms with Crippen molar-refractivity contribution < 1.29 is 14.3 Å². The van der Waals surface area contributed by atoms with Crippen LogP contribution in [-0.4, -0.2) is 25.7 Å². The summed E-state index contributed by atoms with van der Waals surface area (Å²) >= 11 is 0. The van der Waals surface area contributed by atoms with Crippen molar-refractivity contribution in [3.05, 3.63) is 58.7 Å². The molecule has 0 spiro atoms. The van der Waals surface area contributed by atoms with Crippen molar-refractivity contribution in [1.29, 1.82) is 0 Å². The predicted molar refractivity (Wildman–Crippen MR) is 103 cm³/mol. The molecule has 0 saturated carbocycles. The SMILES string of the molecule is Cc1ccc(OCCNC(=O)COc2ccc3c(c2)CCCC3)c(C)c1. The molecule has 3 rings (SSSR count). The Hall–Kier alpha value is -2.49. The van der Waals surface area contributed by atoms with Gasteiger partial charge in [0.25, 0.3) is 5.91 Å². The Bertz CT molecular complexity index is 770. The summed E-state index contributed by atoms with van der Waals surface area (Å²) in [5, 5.41) is 2.83. The van der Waals surface area contributed by atoms with Crippen LogP contribution < -0.4 is 14.8 Å². The zero-order valence-electron chi connectivity index (χ0n) is 15.6. The smallest absolute Gasteiger partial charge is 0.258 e. The number of fused-ring (bicyclic) bond motifs is 1. The molecule has 138 valence electrons. The molecule has 0 bridgehead atoms. The molecule has 0 unspecified atom stereocenters. The van der Waals surface area contributed by atoms with Gasteiger partial charge in [0.15, 0.2) is 6.61 Å². The van der Waals surface area contributed by atoms with E-state index in [1.54, 1.807) is 0 Å². The lowest BCUT2D eigenvalue weighted by atomic mass is 9.92. The van der Waals surface area contributed by atoms with E-state index in [0.717, 1.165) is 29.9 Å². The Morgan fingerprint density at radius 3 is 2.62 bits per heavy atom. The molecular formula is C22H27NO3. The molecule has 0 saturated heterocycles. The summed E-state index contributed by atoms with van der Waals surface area (Å²) < 4.78 is 11.3. The predicted octanol–water partition coefficient (Wildman–Crippen LogP) is 3.76. The third-order valence-corrected chi connectivity index (χ3v) is 4.70. The summed E-state index contributed by atoms with van der Waals surface area (Å²) in [7, 11) is 0. The minimum absolute atomic E-state index is 0.0301. The summed E-state index contributed by atoms with van der Waals surface area (Å²) in [5.74, 6) is 1.49. The molecule has 0 heterocycles. The van der Waals surface area contributed by atoms with Gasteiger partial charge in [-0.25, -0.2) is 0 Å². The summed E-state index contributed by atoms with van der Waals surface area (Å²) in [6.45, 7) is 5.00. The fourth-order valence-electron chi connectivity index (χ4n) is 3.31. The highest BCUT2D eigenvalue weighted by atomic mass is 16.5. The highest BCUT2D eigenvalue weighted by molar-refractivity contribution is 5.77. The summed E-state index contributed by atoms with van der Waals surface area (Å²) in [6, 6.07) is 12.2. The zero-order valence-corrected chi connectivity index (χ0v) is 15.6. The fraction of sp³-hybridized carbons (Fsp3) is 0.409. The van der Waals surface area contributed by atoms with E-state index in [1.165, 1.54) is 29.5 Å². The number of nitrogens with one attached hydrogen (secondary N) is 1. The van der Waals surface area contributed by atoms with E-state index >= 15 is 0 Å². The second-order valence-electron chi connectivity index (χ2n) is 6.89. The van der Waals surface area contributed by atoms with E-state index in [0.29, 0.717) is 13.2 Å². The Kier molecular flexibility index (Phi) is 6.16. The van der Waals surface area contributed by atoms with Gasteiger partial charge in [-0.1, -0.05) is 23.8 Å². The first-order valence-electron chi connectivity index (χ1n) is 9.33. The lowest BCUT2D eigenvalue weighted by molar-refractivity contribution is -0.123. The van der Waals surface area contributed by atoms with Gasteiger partial charge in [0.1, 0.15) is 18.1 Å². The average Bonchev–Trinajstić information content (AvgIpc) is 2.65. The van der Waals surface area contributed by atoms with Gasteiger partial charge in [-0.3, -0.25) is 4.79 Å². The topological polar surface area (TPSA) is 47.6 Å². The maximum atomic E-state index is 11.9. The summed E-state index contributed by atoms with van der Waals surface area (Å²) in [6.07, 6.45) is 4.75. The molecule has 1 aliphatic carbocycles. The maximum absolute atomic E-state index is 11.9. The van der Waals surface area contributed by atoms with Crippen LogP contribution in [0.2, 0.25) is 0 Å². The summed E-state index contributed by atoms with van der Waals surface area (Å²) in [5.41, 5.74) is 5.09. The zero-order chi connectivity index (χ0) is 18.4. The normalized spacial score (nSPS) is 13.0. The lowest BCUT2D eigenvalue weighted by Crippen LogP contribution is -2.32. The van der Waals surface area contributed by atoms with E-state index < -0.39 is 0 Å². The number of ether oxygens (including phenoxy) is 2. The van der Waals surface area contributed by atoms with Crippen LogP contribution in [0.15, 0.2) is 36.4 Å². The van der Waals surface area contributed by atoms with E-state index in [9.17, 15) is 4.79 Å². The molecule has 0 radical (unpaired) electrons. The van der Waals surface area contributed by atoms with Crippen molar-refractivity contribution in [2.75, 3.05) is 19.8 Å². The van der Waals surface area contributed by atoms with Crippen LogP contribution in [0.4, 0.5) is 0 Å². The highest BCUT2D eigenvalue weighted by Gasteiger charge is 2.10. The molecule has 2 aromatic carbocycles. The molecule has 1 N–H and O–H groups in total. The molecule has 0 fully saturated rings. The lowest BCUT2D eigenvalue weighted by Gasteiger charge is -2.16. The molecule has 0 aliphatic heterocycles. The molecule has 4 nitrogen and oxygen atoms in total. The van der Waals surface area contributed by atoms with Crippen LogP contribution in [0.5, 0.6) is 11.5 Å². The third-order valence-electron chi connectivity index (χ3n) is 4.70. The largest absolute Gasteiger partial charge is 0.491 e. The number of benzene rings is 2. The highest BCUT2D eigenvalue weighted by Crippen LogP contribution is 2.25. The Labute approximate surface area is 155 Å². The first-order chi connectivity index (χ1) is 12.6. The first kappa shape index (κ1) is 18.3. The summed E-state index contributed by atoms with van der Waals surface area (Å²) in [4.78, 5) is 11.9. The second kappa shape index (κ2) is 8.75. The van der Waals surface area contributed by atoms with Gasteiger partial charge in [-0.2, -0.15) is 0 Å². The van der Waals surface area contributed by atoms with Crippen LogP contribution in [0.3, 0.4) is 0 Å². The molecular weight excluding hydrogens is 326 g/mol. The Morgan fingerprint density at radius 1 is 1.00 bits per heavy atom. The molecule has 0 aromatic heterocycles. The molecule has 2 aromatic rings. The molecule has 4 heteroatoms. The van der Waals surface area contributed by atoms with Gasteiger partial charge in [0.2, 0.25) is 0 Å². The van der Waals surface area contributed by atoms with E-state index in [2.05, 4.69) is 30.4 Å². The number of hydrogen-bond donors (Lipinski definition) is 1. The fourth-order valence-corrected chi connectivity index (χ4v) is 3.31. The van der Waals surface area contributed by atoms with E-state index in [1.807, 2.05) is 25.1 Å². The Morgan fingerprint density at radius 2 is 1.81 bits per heavy atom. The standard InChI is InChI=1S/C22H27NO3/c1-16-7-10-21(17(2)13-16)25-12-11-23-22(24)15-26-20-9-8-18-5-3-4-6-19(18)14-20/h7-10,13-14H,3-6,11-12,15H2,1-2H3,(H,23,24). The number of carbonyl (C=O) groups excluding carboxylic acids is 1. The molecule has 26 heavy (non-hydrogen) atoms. The van der Waals surface area contributed by atoms with Crippen molar-refractivity contribution >= 4 is 5.91 Å². The van der Waals surface area contributed by atoms with Crippen LogP contribution >= 0.6 is 0 Å². The quantitative estimate of drug-likeness (QED) is 0.771. The maximum Gasteiger partial charge on any atom is 0.258 e. The number of hydrogen-bond acceptors (Lipinski definition) is 3. The van der Waals surface area contributed by atoms with E-state index in [4.69, 9.17) is 9.47 Å². The average molecular weight is 353 g/mol. The number of rotatable bonds is 7. The van der Waals surface area contributed by atoms with Crippen LogP contribution in [-0.2, 0) is 17.6 Å². The minimum atomic E-state index is -0.132. The van der Waals surface area contributed by atoms with Crippen molar-refractivity contribution in [2.24, 2.45) is 0 Å². The molecule has 0 atom stereocenters. The Balaban J connectivity index is 1.38. The van der Waals surface area contributed by atoms with Crippen molar-refractivity contribution in [2.45, 2.75) is 39.5 Å². The number of aryl methyl sites for hydroxylation is 4. The van der Waals surface area contributed by atoms with Crippen LogP contribution in [0, 0.1) is 13.8 Å². The molecule has 1 aliphatic rings. The van der Waals surface area contributed by atoms with Crippen LogP contribution in [0.25, 0.3) is 0 Å².